The minimum absolute atomic E-state index is 0.530. The second-order valence-electron chi connectivity index (χ2n) is 5.77. The fourth-order valence-electron chi connectivity index (χ4n) is 2.53. The van der Waals surface area contributed by atoms with Gasteiger partial charge in [0.1, 0.15) is 5.82 Å². The zero-order valence-electron chi connectivity index (χ0n) is 14.4. The van der Waals surface area contributed by atoms with E-state index in [2.05, 4.69) is 4.74 Å². The Balaban J connectivity index is 1.94. The standard InChI is InChI=1S/C21H15F4O2S/c22-19-13-17(11-12-18(19)20(26)27-14-21(23,24)25)28(15-7-3-1-4-8-15)16-9-5-2-6-10-16/h1-13H,14H2/q+1. The van der Waals surface area contributed by atoms with E-state index in [9.17, 15) is 22.4 Å². The van der Waals surface area contributed by atoms with E-state index < -0.39 is 41.0 Å². The zero-order valence-corrected chi connectivity index (χ0v) is 15.3. The second kappa shape index (κ2) is 8.48. The van der Waals surface area contributed by atoms with Crippen LogP contribution in [0.3, 0.4) is 0 Å². The maximum absolute atomic E-state index is 14.5. The van der Waals surface area contributed by atoms with Gasteiger partial charge in [-0.15, -0.1) is 0 Å². The first kappa shape index (κ1) is 19.9. The average Bonchev–Trinajstić information content (AvgIpc) is 2.68. The lowest BCUT2D eigenvalue weighted by molar-refractivity contribution is -0.161. The smallest absolute Gasteiger partial charge is 0.422 e. The molecule has 0 radical (unpaired) electrons. The number of carbonyl (C=O) groups is 1. The van der Waals surface area contributed by atoms with Crippen molar-refractivity contribution in [3.05, 3.63) is 90.2 Å². The Morgan fingerprint density at radius 3 is 1.82 bits per heavy atom. The van der Waals surface area contributed by atoms with Crippen LogP contribution in [0.1, 0.15) is 10.4 Å². The Hall–Kier alpha value is -2.80. The molecule has 0 spiro atoms. The number of carbonyl (C=O) groups excluding carboxylic acids is 1. The molecule has 0 aromatic heterocycles. The van der Waals surface area contributed by atoms with E-state index in [0.29, 0.717) is 4.90 Å². The Morgan fingerprint density at radius 2 is 1.36 bits per heavy atom. The van der Waals surface area contributed by atoms with Crippen LogP contribution in [0.2, 0.25) is 0 Å². The van der Waals surface area contributed by atoms with Gasteiger partial charge in [-0.3, -0.25) is 0 Å². The number of benzene rings is 3. The van der Waals surface area contributed by atoms with Crippen LogP contribution in [0.15, 0.2) is 93.5 Å². The molecule has 0 heterocycles. The third-order valence-electron chi connectivity index (χ3n) is 3.72. The van der Waals surface area contributed by atoms with Gasteiger partial charge in [-0.05, 0) is 36.4 Å². The lowest BCUT2D eigenvalue weighted by Crippen LogP contribution is -2.21. The molecule has 0 amide bonds. The Morgan fingerprint density at radius 1 is 0.821 bits per heavy atom. The quantitative estimate of drug-likeness (QED) is 0.311. The highest BCUT2D eigenvalue weighted by atomic mass is 32.2. The van der Waals surface area contributed by atoms with E-state index >= 15 is 0 Å². The predicted octanol–water partition coefficient (Wildman–Crippen LogP) is 5.64. The maximum Gasteiger partial charge on any atom is 0.422 e. The normalized spacial score (nSPS) is 11.5. The summed E-state index contributed by atoms with van der Waals surface area (Å²) < 4.78 is 55.3. The van der Waals surface area contributed by atoms with Crippen molar-refractivity contribution in [2.45, 2.75) is 20.9 Å². The first-order valence-corrected chi connectivity index (χ1v) is 9.45. The summed E-state index contributed by atoms with van der Waals surface area (Å²) in [5, 5.41) is 0. The molecule has 0 fully saturated rings. The van der Waals surface area contributed by atoms with Crippen molar-refractivity contribution in [2.24, 2.45) is 0 Å². The van der Waals surface area contributed by atoms with Gasteiger partial charge in [0, 0.05) is 6.07 Å². The van der Waals surface area contributed by atoms with E-state index in [0.717, 1.165) is 15.9 Å². The summed E-state index contributed by atoms with van der Waals surface area (Å²) in [4.78, 5) is 14.3. The summed E-state index contributed by atoms with van der Waals surface area (Å²) in [5.41, 5.74) is -0.530. The molecule has 2 nitrogen and oxygen atoms in total. The highest BCUT2D eigenvalue weighted by Crippen LogP contribution is 2.32. The van der Waals surface area contributed by atoms with Crippen molar-refractivity contribution in [3.63, 3.8) is 0 Å². The largest absolute Gasteiger partial charge is 0.452 e. The second-order valence-corrected chi connectivity index (χ2v) is 7.79. The lowest BCUT2D eigenvalue weighted by Gasteiger charge is -2.10. The molecule has 0 aliphatic carbocycles. The molecule has 28 heavy (non-hydrogen) atoms. The number of alkyl halides is 3. The number of halogens is 4. The maximum atomic E-state index is 14.5. The summed E-state index contributed by atoms with van der Waals surface area (Å²) in [7, 11) is -0.636. The molecule has 7 heteroatoms. The van der Waals surface area contributed by atoms with Crippen LogP contribution in [-0.2, 0) is 15.6 Å². The number of esters is 1. The molecular weight excluding hydrogens is 392 g/mol. The topological polar surface area (TPSA) is 26.3 Å². The molecule has 144 valence electrons. The number of hydrogen-bond acceptors (Lipinski definition) is 2. The average molecular weight is 407 g/mol. The van der Waals surface area contributed by atoms with Crippen LogP contribution in [0.5, 0.6) is 0 Å². The van der Waals surface area contributed by atoms with E-state index in [1.807, 2.05) is 60.7 Å². The van der Waals surface area contributed by atoms with Gasteiger partial charge in [-0.1, -0.05) is 36.4 Å². The summed E-state index contributed by atoms with van der Waals surface area (Å²) in [6.45, 7) is -1.76. The van der Waals surface area contributed by atoms with Gasteiger partial charge in [0.25, 0.3) is 0 Å². The fourth-order valence-corrected chi connectivity index (χ4v) is 4.64. The molecule has 3 aromatic rings. The van der Waals surface area contributed by atoms with E-state index in [4.69, 9.17) is 0 Å². The van der Waals surface area contributed by atoms with E-state index in [1.54, 1.807) is 0 Å². The molecule has 0 N–H and O–H groups in total. The van der Waals surface area contributed by atoms with Crippen LogP contribution >= 0.6 is 0 Å². The van der Waals surface area contributed by atoms with Crippen molar-refractivity contribution >= 4 is 16.9 Å². The molecule has 3 rings (SSSR count). The van der Waals surface area contributed by atoms with Gasteiger partial charge in [-0.2, -0.15) is 13.2 Å². The lowest BCUT2D eigenvalue weighted by atomic mass is 10.2. The Labute approximate surface area is 162 Å². The van der Waals surface area contributed by atoms with Gasteiger partial charge in [0.2, 0.25) is 0 Å². The van der Waals surface area contributed by atoms with Crippen LogP contribution < -0.4 is 0 Å². The molecular formula is C21H15F4O2S+. The number of rotatable bonds is 5. The van der Waals surface area contributed by atoms with Crippen molar-refractivity contribution in [1.82, 2.24) is 0 Å². The Bertz CT molecular complexity index is 904. The zero-order chi connectivity index (χ0) is 20.1. The first-order chi connectivity index (χ1) is 13.3. The highest BCUT2D eigenvalue weighted by Gasteiger charge is 2.32. The van der Waals surface area contributed by atoms with Gasteiger partial charge >= 0.3 is 12.1 Å². The monoisotopic (exact) mass is 407 g/mol. The van der Waals surface area contributed by atoms with Crippen LogP contribution in [-0.4, -0.2) is 18.8 Å². The van der Waals surface area contributed by atoms with Crippen molar-refractivity contribution in [3.8, 4) is 0 Å². The molecule has 0 saturated heterocycles. The molecule has 3 aromatic carbocycles. The summed E-state index contributed by atoms with van der Waals surface area (Å²) >= 11 is 0. The molecule has 0 unspecified atom stereocenters. The molecule has 0 atom stereocenters. The van der Waals surface area contributed by atoms with Crippen LogP contribution in [0, 0.1) is 5.82 Å². The number of hydrogen-bond donors (Lipinski definition) is 0. The third-order valence-corrected chi connectivity index (χ3v) is 5.93. The highest BCUT2D eigenvalue weighted by molar-refractivity contribution is 7.97. The van der Waals surface area contributed by atoms with Crippen molar-refractivity contribution < 1.29 is 27.1 Å². The predicted molar refractivity (Wildman–Crippen MR) is 97.8 cm³/mol. The summed E-state index contributed by atoms with van der Waals surface area (Å²) in [6, 6.07) is 22.8. The minimum atomic E-state index is -4.67. The minimum Gasteiger partial charge on any atom is -0.452 e. The van der Waals surface area contributed by atoms with Gasteiger partial charge in [-0.25, -0.2) is 9.18 Å². The van der Waals surface area contributed by atoms with E-state index in [1.165, 1.54) is 12.1 Å². The first-order valence-electron chi connectivity index (χ1n) is 8.23. The summed E-state index contributed by atoms with van der Waals surface area (Å²) in [6.07, 6.45) is -4.67. The SMILES string of the molecule is O=C(OCC(F)(F)F)c1ccc([S+](c2ccccc2)c2ccccc2)cc1F. The van der Waals surface area contributed by atoms with Gasteiger partial charge in [0.05, 0.1) is 16.5 Å². The summed E-state index contributed by atoms with van der Waals surface area (Å²) in [5.74, 6) is -2.27. The van der Waals surface area contributed by atoms with E-state index in [-0.39, 0.29) is 0 Å². The Kier molecular flexibility index (Phi) is 6.04. The van der Waals surface area contributed by atoms with Crippen LogP contribution in [0.25, 0.3) is 0 Å². The number of ether oxygens (including phenoxy) is 1. The molecule has 0 aliphatic heterocycles. The fraction of sp³-hybridized carbons (Fsp3) is 0.0952. The van der Waals surface area contributed by atoms with Crippen molar-refractivity contribution in [2.75, 3.05) is 6.61 Å². The third kappa shape index (κ3) is 4.92. The molecule has 0 aliphatic rings. The molecule has 0 bridgehead atoms. The van der Waals surface area contributed by atoms with Gasteiger partial charge < -0.3 is 4.74 Å². The molecule has 0 saturated carbocycles. The van der Waals surface area contributed by atoms with Crippen molar-refractivity contribution in [1.29, 1.82) is 0 Å². The van der Waals surface area contributed by atoms with Gasteiger partial charge in [0.15, 0.2) is 21.3 Å². The van der Waals surface area contributed by atoms with Crippen LogP contribution in [0.4, 0.5) is 17.6 Å².